The molecule has 1 N–H and O–H groups in total. The molecule has 1 aliphatic carbocycles. The van der Waals surface area contributed by atoms with Gasteiger partial charge in [-0.15, -0.1) is 0 Å². The Balaban J connectivity index is 1.99. The van der Waals surface area contributed by atoms with E-state index in [-0.39, 0.29) is 12.6 Å². The highest BCUT2D eigenvalue weighted by atomic mass is 16.6. The van der Waals surface area contributed by atoms with Crippen LogP contribution in [0.5, 0.6) is 0 Å². The summed E-state index contributed by atoms with van der Waals surface area (Å²) >= 11 is 0. The van der Waals surface area contributed by atoms with E-state index in [4.69, 9.17) is 4.74 Å². The minimum Gasteiger partial charge on any atom is -0.453 e. The van der Waals surface area contributed by atoms with E-state index in [1.54, 1.807) is 0 Å². The second-order valence-electron chi connectivity index (χ2n) is 6.82. The molecular formula is C15H22O3. The smallest absolute Gasteiger partial charge is 0.334 e. The number of allylic oxidation sites excluding steroid dienone is 1. The molecular weight excluding hydrogens is 228 g/mol. The molecule has 3 rings (SSSR count). The Hall–Kier alpha value is -0.830. The molecule has 2 bridgehead atoms. The lowest BCUT2D eigenvalue weighted by Gasteiger charge is -2.58. The monoisotopic (exact) mass is 250 g/mol. The van der Waals surface area contributed by atoms with Crippen molar-refractivity contribution in [1.29, 1.82) is 0 Å². The number of carbonyl (C=O) groups is 1. The molecule has 0 aromatic rings. The van der Waals surface area contributed by atoms with Gasteiger partial charge in [-0.25, -0.2) is 4.79 Å². The predicted molar refractivity (Wildman–Crippen MR) is 67.8 cm³/mol. The van der Waals surface area contributed by atoms with Gasteiger partial charge in [0.15, 0.2) is 0 Å². The molecule has 2 fully saturated rings. The average Bonchev–Trinajstić information content (AvgIpc) is 2.42. The summed E-state index contributed by atoms with van der Waals surface area (Å²) in [7, 11) is 0. The average molecular weight is 250 g/mol. The first-order valence-electron chi connectivity index (χ1n) is 7.02. The lowest BCUT2D eigenvalue weighted by molar-refractivity contribution is -0.204. The highest BCUT2D eigenvalue weighted by molar-refractivity contribution is 5.89. The molecule has 2 heterocycles. The molecule has 0 radical (unpaired) electrons. The topological polar surface area (TPSA) is 46.5 Å². The zero-order valence-electron chi connectivity index (χ0n) is 11.2. The Morgan fingerprint density at radius 1 is 1.44 bits per heavy atom. The standard InChI is InChI=1S/C15H22O3/c1-14(2)8-12-11(14)6-5-10-4-3-7-15(12,9-16)18-13(10)17/h4,11-12,16H,3,5-9H2,1-2H3. The molecule has 0 amide bonds. The van der Waals surface area contributed by atoms with Crippen molar-refractivity contribution in [3.8, 4) is 0 Å². The summed E-state index contributed by atoms with van der Waals surface area (Å²) in [6.45, 7) is 4.55. The first-order valence-corrected chi connectivity index (χ1v) is 7.02. The number of aliphatic hydroxyl groups excluding tert-OH is 1. The predicted octanol–water partition coefficient (Wildman–Crippen LogP) is 2.44. The summed E-state index contributed by atoms with van der Waals surface area (Å²) < 4.78 is 5.72. The van der Waals surface area contributed by atoms with Gasteiger partial charge in [0, 0.05) is 11.5 Å². The van der Waals surface area contributed by atoms with Crippen LogP contribution < -0.4 is 0 Å². The van der Waals surface area contributed by atoms with Crippen LogP contribution in [0.3, 0.4) is 0 Å². The zero-order valence-corrected chi connectivity index (χ0v) is 11.2. The number of aliphatic hydroxyl groups is 1. The summed E-state index contributed by atoms with van der Waals surface area (Å²) in [5.74, 6) is 0.721. The van der Waals surface area contributed by atoms with Crippen LogP contribution in [0.2, 0.25) is 0 Å². The van der Waals surface area contributed by atoms with E-state index in [1.807, 2.05) is 6.08 Å². The quantitative estimate of drug-likeness (QED) is 0.727. The third kappa shape index (κ3) is 1.56. The van der Waals surface area contributed by atoms with Crippen LogP contribution in [0, 0.1) is 17.3 Å². The number of carbonyl (C=O) groups excluding carboxylic acids is 1. The molecule has 3 heteroatoms. The minimum atomic E-state index is -0.615. The Morgan fingerprint density at radius 3 is 2.89 bits per heavy atom. The Morgan fingerprint density at radius 2 is 2.22 bits per heavy atom. The largest absolute Gasteiger partial charge is 0.453 e. The summed E-state index contributed by atoms with van der Waals surface area (Å²) in [6, 6.07) is 0. The normalized spacial score (nSPS) is 41.7. The molecule has 0 aromatic heterocycles. The van der Waals surface area contributed by atoms with E-state index in [2.05, 4.69) is 13.8 Å². The molecule has 3 aliphatic rings. The maximum Gasteiger partial charge on any atom is 0.334 e. The molecule has 1 saturated carbocycles. The molecule has 3 unspecified atom stereocenters. The molecule has 3 nitrogen and oxygen atoms in total. The van der Waals surface area contributed by atoms with Gasteiger partial charge in [-0.2, -0.15) is 0 Å². The molecule has 2 aliphatic heterocycles. The van der Waals surface area contributed by atoms with Gasteiger partial charge in [-0.1, -0.05) is 19.9 Å². The van der Waals surface area contributed by atoms with E-state index >= 15 is 0 Å². The van der Waals surface area contributed by atoms with Crippen LogP contribution in [0.15, 0.2) is 11.6 Å². The van der Waals surface area contributed by atoms with Crippen LogP contribution in [0.4, 0.5) is 0 Å². The van der Waals surface area contributed by atoms with Gasteiger partial charge >= 0.3 is 5.97 Å². The molecule has 0 spiro atoms. The van der Waals surface area contributed by atoms with Crippen molar-refractivity contribution in [2.75, 3.05) is 6.61 Å². The first kappa shape index (κ1) is 12.2. The summed E-state index contributed by atoms with van der Waals surface area (Å²) in [5.41, 5.74) is 0.534. The highest BCUT2D eigenvalue weighted by Gasteiger charge is 2.59. The number of hydrogen-bond acceptors (Lipinski definition) is 3. The highest BCUT2D eigenvalue weighted by Crippen LogP contribution is 2.60. The van der Waals surface area contributed by atoms with Crippen LogP contribution >= 0.6 is 0 Å². The fourth-order valence-electron chi connectivity index (χ4n) is 4.27. The number of esters is 1. The molecule has 18 heavy (non-hydrogen) atoms. The van der Waals surface area contributed by atoms with Crippen molar-refractivity contribution < 1.29 is 14.6 Å². The number of fused-ring (bicyclic) bond motifs is 5. The van der Waals surface area contributed by atoms with Crippen LogP contribution in [-0.4, -0.2) is 23.3 Å². The first-order chi connectivity index (χ1) is 8.48. The maximum absolute atomic E-state index is 12.0. The van der Waals surface area contributed by atoms with Crippen molar-refractivity contribution in [2.45, 2.75) is 51.6 Å². The van der Waals surface area contributed by atoms with Crippen molar-refractivity contribution in [3.05, 3.63) is 11.6 Å². The summed E-state index contributed by atoms with van der Waals surface area (Å²) in [6.07, 6.45) is 6.60. The van der Waals surface area contributed by atoms with E-state index < -0.39 is 5.60 Å². The van der Waals surface area contributed by atoms with Crippen molar-refractivity contribution in [2.24, 2.45) is 17.3 Å². The fourth-order valence-corrected chi connectivity index (χ4v) is 4.27. The van der Waals surface area contributed by atoms with Gasteiger partial charge in [0.05, 0.1) is 6.61 Å². The Bertz CT molecular complexity index is 410. The molecule has 1 saturated heterocycles. The minimum absolute atomic E-state index is 0.0306. The van der Waals surface area contributed by atoms with Gasteiger partial charge in [-0.05, 0) is 43.4 Å². The molecule has 0 aromatic carbocycles. The number of hydrogen-bond donors (Lipinski definition) is 1. The van der Waals surface area contributed by atoms with Crippen molar-refractivity contribution in [3.63, 3.8) is 0 Å². The second-order valence-corrected chi connectivity index (χ2v) is 6.82. The Kier molecular flexibility index (Phi) is 2.60. The van der Waals surface area contributed by atoms with Gasteiger partial charge in [0.25, 0.3) is 0 Å². The molecule has 100 valence electrons. The van der Waals surface area contributed by atoms with E-state index in [0.29, 0.717) is 17.3 Å². The summed E-state index contributed by atoms with van der Waals surface area (Å²) in [4.78, 5) is 12.0. The molecule has 3 atom stereocenters. The van der Waals surface area contributed by atoms with Crippen LogP contribution in [0.1, 0.15) is 46.0 Å². The van der Waals surface area contributed by atoms with Gasteiger partial charge in [0.2, 0.25) is 0 Å². The number of rotatable bonds is 1. The van der Waals surface area contributed by atoms with Crippen LogP contribution in [-0.2, 0) is 9.53 Å². The lowest BCUT2D eigenvalue weighted by Crippen LogP contribution is -2.59. The third-order valence-corrected chi connectivity index (χ3v) is 5.42. The van der Waals surface area contributed by atoms with Gasteiger partial charge in [0.1, 0.15) is 5.60 Å². The van der Waals surface area contributed by atoms with Gasteiger partial charge in [-0.3, -0.25) is 0 Å². The summed E-state index contributed by atoms with van der Waals surface area (Å²) in [5, 5.41) is 9.82. The SMILES string of the molecule is CC1(C)CC2C1CCC1=CCCC2(CO)OC1=O. The van der Waals surface area contributed by atoms with E-state index in [9.17, 15) is 9.90 Å². The lowest BCUT2D eigenvalue weighted by atomic mass is 9.49. The maximum atomic E-state index is 12.0. The fraction of sp³-hybridized carbons (Fsp3) is 0.800. The Labute approximate surface area is 108 Å². The van der Waals surface area contributed by atoms with Crippen molar-refractivity contribution in [1.82, 2.24) is 0 Å². The third-order valence-electron chi connectivity index (χ3n) is 5.42. The number of ether oxygens (including phenoxy) is 1. The van der Waals surface area contributed by atoms with Gasteiger partial charge < -0.3 is 9.84 Å². The van der Waals surface area contributed by atoms with E-state index in [1.165, 1.54) is 0 Å². The van der Waals surface area contributed by atoms with Crippen molar-refractivity contribution >= 4 is 5.97 Å². The van der Waals surface area contributed by atoms with E-state index in [0.717, 1.165) is 37.7 Å². The zero-order chi connectivity index (χ0) is 13.0. The second kappa shape index (κ2) is 3.83. The van der Waals surface area contributed by atoms with Crippen LogP contribution in [0.25, 0.3) is 0 Å².